The number of hydrogen-bond acceptors (Lipinski definition) is 10. The maximum Gasteiger partial charge on any atom is 0.0967 e. The minimum absolute atomic E-state index is 0.155. The average molecular weight is 1330 g/mol. The zero-order chi connectivity index (χ0) is 63.8. The molecule has 18 heteroatoms. The second kappa shape index (κ2) is 20.1. The number of rotatable bonds is 0. The van der Waals surface area contributed by atoms with Crippen LogP contribution in [0, 0.1) is 0 Å². The van der Waals surface area contributed by atoms with E-state index in [4.69, 9.17) is 91.6 Å². The van der Waals surface area contributed by atoms with Gasteiger partial charge in [0.1, 0.15) is 0 Å². The van der Waals surface area contributed by atoms with Gasteiger partial charge in [-0.1, -0.05) is 0 Å². The normalized spacial score (nSPS) is 18.8. The fourth-order valence-electron chi connectivity index (χ4n) is 12.7. The van der Waals surface area contributed by atoms with Crippen LogP contribution < -0.4 is 53.9 Å². The fraction of sp³-hybridized carbons (Fsp3) is 0.250. The van der Waals surface area contributed by atoms with Crippen molar-refractivity contribution in [1.29, 1.82) is 0 Å². The van der Waals surface area contributed by atoms with Gasteiger partial charge in [-0.25, -0.2) is 0 Å². The summed E-state index contributed by atoms with van der Waals surface area (Å²) in [5, 5.41) is 2.28. The van der Waals surface area contributed by atoms with Gasteiger partial charge < -0.3 is 0 Å². The molecule has 16 rings (SSSR count). The number of halogens is 4. The number of para-hydroxylation sites is 6. The van der Waals surface area contributed by atoms with Gasteiger partial charge in [-0.15, -0.1) is 46.4 Å². The summed E-state index contributed by atoms with van der Waals surface area (Å²) >= 11 is 19.1. The van der Waals surface area contributed by atoms with Gasteiger partial charge in [0, 0.05) is 0 Å². The minimum atomic E-state index is -6.04. The molecule has 8 aromatic carbocycles. The molecular weight excluding hydrogens is 1260 g/mol. The Morgan fingerprint density at radius 2 is 0.567 bits per heavy atom. The van der Waals surface area contributed by atoms with Gasteiger partial charge in [-0.3, -0.25) is 0 Å². The molecule has 2 spiro atoms. The van der Waals surface area contributed by atoms with E-state index < -0.39 is 14.5 Å². The molecule has 0 fully saturated rings. The van der Waals surface area contributed by atoms with Crippen LogP contribution in [0.15, 0.2) is 194 Å². The summed E-state index contributed by atoms with van der Waals surface area (Å²) < 4.78 is 76.6. The maximum absolute atomic E-state index is 7.37. The monoisotopic (exact) mass is 1330 g/mol. The molecule has 6 aliphatic heterocycles. The van der Waals surface area contributed by atoms with Crippen LogP contribution in [0.1, 0.15) is 105 Å². The van der Waals surface area contributed by atoms with Gasteiger partial charge in [-0.2, -0.15) is 0 Å². The summed E-state index contributed by atoms with van der Waals surface area (Å²) in [6.45, 7) is 26.2. The number of aromatic nitrogens is 2. The van der Waals surface area contributed by atoms with Crippen LogP contribution in [0.25, 0.3) is 44.1 Å². The Bertz CT molecular complexity index is 4250. The van der Waals surface area contributed by atoms with Crippen LogP contribution in [-0.4, -0.2) is 10.7 Å². The van der Waals surface area contributed by atoms with Crippen molar-refractivity contribution in [2.75, 3.05) is 10.7 Å². The Kier molecular flexibility index (Phi) is 13.7. The molecule has 0 radical (unpaired) electrons. The largest absolute Gasteiger partial charge is 0.109 e. The minimum Gasteiger partial charge on any atom is -0.109 e. The Morgan fingerprint density at radius 1 is 0.300 bits per heavy atom. The molecule has 90 heavy (non-hydrogen) atoms. The predicted octanol–water partition coefficient (Wildman–Crippen LogP) is 21.1. The zero-order valence-electron chi connectivity index (χ0n) is 52.3. The van der Waals surface area contributed by atoms with E-state index in [2.05, 4.69) is 95.2 Å². The average Bonchev–Trinajstić information content (AvgIpc) is 1.45. The van der Waals surface area contributed by atoms with Gasteiger partial charge in [-0.05, 0) is 0 Å². The Hall–Kier alpha value is -7.40. The molecular formula is C72H72Cl4N2O10P2. The Morgan fingerprint density at radius 3 is 0.867 bits per heavy atom. The molecule has 0 unspecified atom stereocenters. The SMILES string of the molecule is CC(C)(C)c1cc2c(c(C(C)(C)C)c1)O[P-]13(Oc4ccccc4-c4ccccc4O1)(O2)Oc1cccc2ccc[n+]3c12.CC(C)(C)c1cc2c(c(C(C)(C)C)c1)O[P-]13(Oc4ccccc4-c4ccccc4O1)(O2)Oc1cccc2ccc[n+]3c12.ClCCl.ClCCl. The summed E-state index contributed by atoms with van der Waals surface area (Å²) in [6, 6.07) is 59.7. The molecule has 2 aromatic heterocycles. The third-order valence-corrected chi connectivity index (χ3v) is 25.0. The molecule has 8 heterocycles. The molecule has 10 aromatic rings. The fourth-order valence-corrected chi connectivity index (χ4v) is 21.9. The van der Waals surface area contributed by atoms with Crippen molar-refractivity contribution >= 4 is 82.7 Å². The van der Waals surface area contributed by atoms with E-state index in [-0.39, 0.29) is 32.3 Å². The van der Waals surface area contributed by atoms with E-state index in [1.165, 1.54) is 0 Å². The molecule has 0 saturated carbocycles. The van der Waals surface area contributed by atoms with Crippen molar-refractivity contribution in [2.24, 2.45) is 0 Å². The van der Waals surface area contributed by atoms with Crippen molar-refractivity contribution in [3.8, 4) is 79.7 Å². The standard InChI is InChI=1S/2C35H34NO5P.2CH2Cl2/c2*1-34(2,3)24-21-27(35(4,5)6)33-31(22-24)40-42(41-33,36-20-12-14-23-13-11-19-30(39-42)32(23)36)37-28-17-9-7-15-25(28)26-16-8-10-18-29(26)38-42;2*2-1-3/h2*7-22H,1-6H3;2*1H2. The summed E-state index contributed by atoms with van der Waals surface area (Å²) in [5.74, 6) is 5.43. The number of hydrogen-bond donors (Lipinski definition) is 0. The van der Waals surface area contributed by atoms with Crippen molar-refractivity contribution in [3.63, 3.8) is 0 Å². The van der Waals surface area contributed by atoms with E-state index >= 15 is 0 Å². The van der Waals surface area contributed by atoms with Crippen LogP contribution in [0.5, 0.6) is 57.5 Å². The summed E-state index contributed by atoms with van der Waals surface area (Å²) in [7, 11) is -12.1. The second-order valence-electron chi connectivity index (χ2n) is 27.2. The Balaban J connectivity index is 0.000000152. The van der Waals surface area contributed by atoms with Crippen LogP contribution in [0.3, 0.4) is 0 Å². The quantitative estimate of drug-likeness (QED) is 0.108. The van der Waals surface area contributed by atoms with Crippen molar-refractivity contribution in [3.05, 3.63) is 217 Å². The van der Waals surface area contributed by atoms with E-state index in [0.29, 0.717) is 57.5 Å². The van der Waals surface area contributed by atoms with Gasteiger partial charge >= 0.3 is 491 Å². The first-order chi connectivity index (χ1) is 42.6. The first-order valence-corrected chi connectivity index (χ1v) is 36.4. The first-order valence-electron chi connectivity index (χ1n) is 29.8. The number of fused-ring (bicyclic) bond motifs is 8. The van der Waals surface area contributed by atoms with Crippen LogP contribution in [0.2, 0.25) is 0 Å². The zero-order valence-corrected chi connectivity index (χ0v) is 57.1. The van der Waals surface area contributed by atoms with Gasteiger partial charge in [0.05, 0.1) is 10.7 Å². The topological polar surface area (TPSA) is 100 Å². The molecule has 0 aliphatic carbocycles. The smallest absolute Gasteiger partial charge is 0.0967 e. The maximum atomic E-state index is 7.37. The van der Waals surface area contributed by atoms with E-state index in [0.717, 1.165) is 66.3 Å². The van der Waals surface area contributed by atoms with Crippen LogP contribution in [0.4, 0.5) is 0 Å². The Labute approximate surface area is 544 Å². The van der Waals surface area contributed by atoms with Crippen molar-refractivity contribution < 1.29 is 53.9 Å². The first kappa shape index (κ1) is 61.5. The summed E-state index contributed by atoms with van der Waals surface area (Å²) in [5.41, 5.74) is 8.24. The summed E-state index contributed by atoms with van der Waals surface area (Å²) in [4.78, 5) is 0. The number of benzene rings is 8. The van der Waals surface area contributed by atoms with Crippen LogP contribution >= 0.6 is 60.9 Å². The van der Waals surface area contributed by atoms with E-state index in [1.54, 1.807) is 0 Å². The number of alkyl halides is 4. The second-order valence-corrected chi connectivity index (χ2v) is 36.1. The number of pyridine rings is 2. The van der Waals surface area contributed by atoms with Gasteiger partial charge in [0.25, 0.3) is 0 Å². The van der Waals surface area contributed by atoms with Crippen molar-refractivity contribution in [2.45, 2.75) is 105 Å². The molecule has 0 amide bonds. The molecule has 0 saturated heterocycles. The molecule has 0 bridgehead atoms. The molecule has 6 aliphatic rings. The van der Waals surface area contributed by atoms with Crippen molar-refractivity contribution in [1.82, 2.24) is 0 Å². The van der Waals surface area contributed by atoms with Crippen LogP contribution in [-0.2, 0) is 21.7 Å². The third-order valence-electron chi connectivity index (χ3n) is 16.9. The molecule has 12 nitrogen and oxygen atoms in total. The third kappa shape index (κ3) is 8.97. The predicted molar refractivity (Wildman–Crippen MR) is 364 cm³/mol. The molecule has 0 atom stereocenters. The van der Waals surface area contributed by atoms with Gasteiger partial charge in [0.2, 0.25) is 0 Å². The van der Waals surface area contributed by atoms with E-state index in [9.17, 15) is 0 Å². The number of nitrogens with zero attached hydrogens (tertiary/aromatic N) is 2. The molecule has 468 valence electrons. The van der Waals surface area contributed by atoms with E-state index in [1.807, 2.05) is 191 Å². The van der Waals surface area contributed by atoms with Gasteiger partial charge in [0.15, 0.2) is 0 Å². The molecule has 0 N–H and O–H groups in total. The summed E-state index contributed by atoms with van der Waals surface area (Å²) in [6.07, 6.45) is 3.77.